The lowest BCUT2D eigenvalue weighted by Gasteiger charge is -2.36. The summed E-state index contributed by atoms with van der Waals surface area (Å²) in [6.45, 7) is 1.82. The van der Waals surface area contributed by atoms with Crippen molar-refractivity contribution in [1.29, 1.82) is 0 Å². The smallest absolute Gasteiger partial charge is 0.303 e. The highest BCUT2D eigenvalue weighted by molar-refractivity contribution is 5.74. The van der Waals surface area contributed by atoms with Crippen LogP contribution in [0.5, 0.6) is 0 Å². The summed E-state index contributed by atoms with van der Waals surface area (Å²) in [7, 11) is 0. The molecule has 0 bridgehead atoms. The number of hydrogen-bond acceptors (Lipinski definition) is 5. The molecule has 0 spiro atoms. The van der Waals surface area contributed by atoms with Crippen LogP contribution >= 0.6 is 0 Å². The van der Waals surface area contributed by atoms with Gasteiger partial charge in [-0.05, 0) is 56.6 Å². The van der Waals surface area contributed by atoms with Gasteiger partial charge in [0, 0.05) is 31.3 Å². The lowest BCUT2D eigenvalue weighted by Crippen LogP contribution is -2.39. The lowest BCUT2D eigenvalue weighted by molar-refractivity contribution is -0.138. The Kier molecular flexibility index (Phi) is 6.02. The maximum atomic E-state index is 10.8. The van der Waals surface area contributed by atoms with Crippen LogP contribution in [0.3, 0.4) is 0 Å². The van der Waals surface area contributed by atoms with Gasteiger partial charge in [0.2, 0.25) is 0 Å². The van der Waals surface area contributed by atoms with Gasteiger partial charge in [-0.25, -0.2) is 4.98 Å². The van der Waals surface area contributed by atoms with Crippen molar-refractivity contribution in [1.82, 2.24) is 4.98 Å². The van der Waals surface area contributed by atoms with Crippen molar-refractivity contribution in [2.75, 3.05) is 18.0 Å². The van der Waals surface area contributed by atoms with Crippen LogP contribution in [0, 0.1) is 5.92 Å². The van der Waals surface area contributed by atoms with Crippen molar-refractivity contribution in [3.05, 3.63) is 23.9 Å². The van der Waals surface area contributed by atoms with Gasteiger partial charge in [0.15, 0.2) is 6.29 Å². The Morgan fingerprint density at radius 2 is 1.84 bits per heavy atom. The van der Waals surface area contributed by atoms with Gasteiger partial charge in [-0.3, -0.25) is 9.59 Å². The fourth-order valence-corrected chi connectivity index (χ4v) is 3.87. The second kappa shape index (κ2) is 8.43. The number of carbonyl (C=O) groups excluding carboxylic acids is 1. The first-order valence-corrected chi connectivity index (χ1v) is 9.17. The zero-order valence-electron chi connectivity index (χ0n) is 14.5. The van der Waals surface area contributed by atoms with Crippen molar-refractivity contribution in [2.45, 2.75) is 57.2 Å². The standard InChI is InChI=1S/C19H26N2O4/c22-13-15-3-6-18(20-12-15)21-9-7-17(8-10-21)25-16-4-1-14(2-5-16)11-19(23)24/h3,6,12-14,16-17H,1-2,4-5,7-11H2,(H,23,24). The van der Waals surface area contributed by atoms with Crippen LogP contribution in [0.4, 0.5) is 5.82 Å². The summed E-state index contributed by atoms with van der Waals surface area (Å²) in [6.07, 6.45) is 9.12. The Labute approximate surface area is 148 Å². The SMILES string of the molecule is O=Cc1ccc(N2CCC(OC3CCC(CC(=O)O)CC3)CC2)nc1. The quantitative estimate of drug-likeness (QED) is 0.798. The maximum absolute atomic E-state index is 10.8. The first kappa shape index (κ1) is 17.9. The monoisotopic (exact) mass is 346 g/mol. The third-order valence-corrected chi connectivity index (χ3v) is 5.31. The molecule has 0 unspecified atom stereocenters. The number of rotatable bonds is 6. The van der Waals surface area contributed by atoms with E-state index in [9.17, 15) is 9.59 Å². The largest absolute Gasteiger partial charge is 0.481 e. The summed E-state index contributed by atoms with van der Waals surface area (Å²) < 4.78 is 6.27. The van der Waals surface area contributed by atoms with E-state index in [0.29, 0.717) is 17.9 Å². The number of pyridine rings is 1. The molecule has 1 aliphatic carbocycles. The van der Waals surface area contributed by atoms with E-state index in [2.05, 4.69) is 9.88 Å². The molecule has 0 radical (unpaired) electrons. The first-order valence-electron chi connectivity index (χ1n) is 9.17. The molecule has 2 heterocycles. The number of hydrogen-bond donors (Lipinski definition) is 1. The van der Waals surface area contributed by atoms with E-state index in [-0.39, 0.29) is 12.2 Å². The summed E-state index contributed by atoms with van der Waals surface area (Å²) in [5.74, 6) is 0.546. The number of piperidine rings is 1. The second-order valence-electron chi connectivity index (χ2n) is 7.13. The van der Waals surface area contributed by atoms with Crippen molar-refractivity contribution >= 4 is 18.1 Å². The van der Waals surface area contributed by atoms with Gasteiger partial charge < -0.3 is 14.7 Å². The molecule has 2 fully saturated rings. The van der Waals surface area contributed by atoms with E-state index in [1.807, 2.05) is 6.07 Å². The van der Waals surface area contributed by atoms with Crippen LogP contribution in [-0.4, -0.2) is 47.6 Å². The number of aromatic nitrogens is 1. The van der Waals surface area contributed by atoms with Gasteiger partial charge in [-0.2, -0.15) is 0 Å². The second-order valence-corrected chi connectivity index (χ2v) is 7.13. The molecule has 2 aliphatic rings. The zero-order chi connectivity index (χ0) is 17.6. The molecule has 6 nitrogen and oxygen atoms in total. The number of aldehydes is 1. The molecule has 0 amide bonds. The first-order chi connectivity index (χ1) is 12.1. The Balaban J connectivity index is 1.40. The van der Waals surface area contributed by atoms with Gasteiger partial charge in [0.25, 0.3) is 0 Å². The van der Waals surface area contributed by atoms with Crippen molar-refractivity contribution in [3.8, 4) is 0 Å². The summed E-state index contributed by atoms with van der Waals surface area (Å²) in [5.41, 5.74) is 0.598. The van der Waals surface area contributed by atoms with Crippen LogP contribution in [-0.2, 0) is 9.53 Å². The van der Waals surface area contributed by atoms with E-state index in [0.717, 1.165) is 63.7 Å². The average molecular weight is 346 g/mol. The molecule has 1 saturated heterocycles. The number of carbonyl (C=O) groups is 2. The molecule has 25 heavy (non-hydrogen) atoms. The van der Waals surface area contributed by atoms with E-state index in [1.54, 1.807) is 12.3 Å². The molecule has 3 rings (SSSR count). The number of anilines is 1. The minimum atomic E-state index is -0.688. The molecule has 1 aromatic rings. The predicted octanol–water partition coefficient (Wildman–Crippen LogP) is 2.91. The Morgan fingerprint density at radius 1 is 1.16 bits per heavy atom. The average Bonchev–Trinajstić information content (AvgIpc) is 2.64. The summed E-state index contributed by atoms with van der Waals surface area (Å²) in [6, 6.07) is 3.70. The van der Waals surface area contributed by atoms with Gasteiger partial charge >= 0.3 is 5.97 Å². The number of carboxylic acids is 1. The van der Waals surface area contributed by atoms with Crippen LogP contribution in [0.25, 0.3) is 0 Å². The van der Waals surface area contributed by atoms with E-state index >= 15 is 0 Å². The third-order valence-electron chi connectivity index (χ3n) is 5.31. The maximum Gasteiger partial charge on any atom is 0.303 e. The summed E-state index contributed by atoms with van der Waals surface area (Å²) >= 11 is 0. The van der Waals surface area contributed by atoms with Crippen molar-refractivity contribution in [3.63, 3.8) is 0 Å². The van der Waals surface area contributed by atoms with Crippen molar-refractivity contribution in [2.24, 2.45) is 5.92 Å². The highest BCUT2D eigenvalue weighted by atomic mass is 16.5. The molecule has 0 aromatic carbocycles. The highest BCUT2D eigenvalue weighted by Crippen LogP contribution is 2.30. The molecule has 1 aliphatic heterocycles. The normalized spacial score (nSPS) is 24.9. The van der Waals surface area contributed by atoms with Gasteiger partial charge in [0.05, 0.1) is 12.2 Å². The Hall–Kier alpha value is -1.95. The van der Waals surface area contributed by atoms with E-state index in [4.69, 9.17) is 9.84 Å². The predicted molar refractivity (Wildman–Crippen MR) is 93.9 cm³/mol. The topological polar surface area (TPSA) is 79.7 Å². The van der Waals surface area contributed by atoms with Gasteiger partial charge in [0.1, 0.15) is 5.82 Å². The Bertz CT molecular complexity index is 574. The molecule has 1 N–H and O–H groups in total. The minimum Gasteiger partial charge on any atom is -0.481 e. The number of ether oxygens (including phenoxy) is 1. The molecule has 0 atom stereocenters. The van der Waals surface area contributed by atoms with E-state index < -0.39 is 5.97 Å². The molecular formula is C19H26N2O4. The van der Waals surface area contributed by atoms with Crippen LogP contribution in [0.1, 0.15) is 55.3 Å². The molecule has 136 valence electrons. The molecule has 1 aromatic heterocycles. The van der Waals surface area contributed by atoms with Crippen LogP contribution in [0.15, 0.2) is 18.3 Å². The fraction of sp³-hybridized carbons (Fsp3) is 0.632. The number of aliphatic carboxylic acids is 1. The minimum absolute atomic E-state index is 0.284. The highest BCUT2D eigenvalue weighted by Gasteiger charge is 2.27. The molecule has 1 saturated carbocycles. The molecule has 6 heteroatoms. The van der Waals surface area contributed by atoms with Crippen molar-refractivity contribution < 1.29 is 19.4 Å². The van der Waals surface area contributed by atoms with Gasteiger partial charge in [-0.1, -0.05) is 0 Å². The summed E-state index contributed by atoms with van der Waals surface area (Å²) in [4.78, 5) is 28.1. The van der Waals surface area contributed by atoms with Crippen LogP contribution < -0.4 is 4.90 Å². The van der Waals surface area contributed by atoms with E-state index in [1.165, 1.54) is 0 Å². The Morgan fingerprint density at radius 3 is 2.40 bits per heavy atom. The third kappa shape index (κ3) is 5.01. The summed E-state index contributed by atoms with van der Waals surface area (Å²) in [5, 5.41) is 8.88. The fourth-order valence-electron chi connectivity index (χ4n) is 3.87. The lowest BCUT2D eigenvalue weighted by atomic mass is 9.85. The number of carboxylic acid groups (broad SMARTS) is 1. The zero-order valence-corrected chi connectivity index (χ0v) is 14.5. The molecular weight excluding hydrogens is 320 g/mol. The number of nitrogens with zero attached hydrogens (tertiary/aromatic N) is 2. The van der Waals surface area contributed by atoms with Crippen LogP contribution in [0.2, 0.25) is 0 Å². The van der Waals surface area contributed by atoms with Gasteiger partial charge in [-0.15, -0.1) is 0 Å².